The Labute approximate surface area is 296 Å². The zero-order valence-corrected chi connectivity index (χ0v) is 29.6. The number of carboxylic acids is 1. The van der Waals surface area contributed by atoms with E-state index in [1.54, 1.807) is 32.5 Å². The molecule has 1 saturated carbocycles. The standard InChI is InChI=1S/C36H44Cl2N4O7/c1-40-18-25(24-7-4-5-8-29(24)40)34(44)39-28-17-26(37)22(15-27(28)38)16-33(43)42-14-6-9-30(42)35(41-19-31(47-2)32(20-41)48-3)49-23-12-10-21(11-13-23)36(45)46/h4-5,7-8,15,17-18,21,23,30-32,35H,6,9-14,16,19-20H2,1-3H3,(H,39,44)(H,45,46)/t21-,23-,30-,31-,32+,35?/m0/s1. The molecule has 49 heavy (non-hydrogen) atoms. The van der Waals surface area contributed by atoms with Crippen molar-refractivity contribution in [3.63, 3.8) is 0 Å². The maximum Gasteiger partial charge on any atom is 0.306 e. The van der Waals surface area contributed by atoms with Crippen LogP contribution >= 0.6 is 23.2 Å². The number of ether oxygens (including phenoxy) is 3. The zero-order chi connectivity index (χ0) is 34.8. The molecule has 3 aliphatic rings. The molecule has 3 aromatic rings. The molecule has 0 bridgehead atoms. The number of halogens is 2. The van der Waals surface area contributed by atoms with Crippen LogP contribution in [-0.4, -0.2) is 102 Å². The minimum atomic E-state index is -0.757. The third kappa shape index (κ3) is 7.62. The van der Waals surface area contributed by atoms with Gasteiger partial charge in [-0.25, -0.2) is 0 Å². The molecule has 2 aromatic carbocycles. The number of amides is 2. The number of aryl methyl sites for hydroxylation is 1. The first-order valence-corrected chi connectivity index (χ1v) is 17.6. The van der Waals surface area contributed by atoms with E-state index in [-0.39, 0.29) is 53.5 Å². The van der Waals surface area contributed by atoms with Crippen molar-refractivity contribution in [3.05, 3.63) is 63.8 Å². The fourth-order valence-corrected chi connectivity index (χ4v) is 8.15. The summed E-state index contributed by atoms with van der Waals surface area (Å²) in [5.74, 6) is -1.51. The highest BCUT2D eigenvalue weighted by atomic mass is 35.5. The van der Waals surface area contributed by atoms with Gasteiger partial charge in [-0.05, 0) is 62.3 Å². The monoisotopic (exact) mass is 714 g/mol. The fourth-order valence-electron chi connectivity index (χ4n) is 7.69. The second-order valence-corrected chi connectivity index (χ2v) is 14.2. The summed E-state index contributed by atoms with van der Waals surface area (Å²) >= 11 is 13.4. The first-order valence-electron chi connectivity index (χ1n) is 16.9. The molecule has 2 saturated heterocycles. The molecule has 2 aliphatic heterocycles. The first kappa shape index (κ1) is 35.6. The number of para-hydroxylation sites is 1. The Balaban J connectivity index is 1.17. The Bertz CT molecular complexity index is 1680. The van der Waals surface area contributed by atoms with Gasteiger partial charge in [-0.15, -0.1) is 0 Å². The van der Waals surface area contributed by atoms with Gasteiger partial charge in [0.25, 0.3) is 5.91 Å². The van der Waals surface area contributed by atoms with Crippen LogP contribution in [0, 0.1) is 5.92 Å². The van der Waals surface area contributed by atoms with Crippen molar-refractivity contribution >= 4 is 57.6 Å². The van der Waals surface area contributed by atoms with Gasteiger partial charge in [0.05, 0.1) is 53.0 Å². The molecule has 1 aliphatic carbocycles. The summed E-state index contributed by atoms with van der Waals surface area (Å²) in [6.07, 6.45) is 5.07. The van der Waals surface area contributed by atoms with E-state index < -0.39 is 12.2 Å². The van der Waals surface area contributed by atoms with Crippen LogP contribution in [0.2, 0.25) is 10.0 Å². The highest BCUT2D eigenvalue weighted by Crippen LogP contribution is 2.35. The molecule has 1 aromatic heterocycles. The van der Waals surface area contributed by atoms with Crippen LogP contribution in [0.1, 0.15) is 54.4 Å². The van der Waals surface area contributed by atoms with Crippen LogP contribution in [0.5, 0.6) is 0 Å². The van der Waals surface area contributed by atoms with Crippen LogP contribution in [0.15, 0.2) is 42.6 Å². The number of likely N-dealkylation sites (tertiary alicyclic amines) is 2. The molecule has 2 amide bonds. The van der Waals surface area contributed by atoms with Crippen molar-refractivity contribution in [1.29, 1.82) is 0 Å². The van der Waals surface area contributed by atoms with Gasteiger partial charge in [0.15, 0.2) is 0 Å². The highest BCUT2D eigenvalue weighted by molar-refractivity contribution is 6.36. The number of aliphatic carboxylic acids is 1. The number of nitrogens with zero attached hydrogens (tertiary/aromatic N) is 3. The predicted octanol–water partition coefficient (Wildman–Crippen LogP) is 5.60. The molecule has 13 heteroatoms. The van der Waals surface area contributed by atoms with Crippen molar-refractivity contribution in [3.8, 4) is 0 Å². The third-order valence-corrected chi connectivity index (χ3v) is 11.0. The van der Waals surface area contributed by atoms with Crippen molar-refractivity contribution in [1.82, 2.24) is 14.4 Å². The Kier molecular flexibility index (Phi) is 11.2. The van der Waals surface area contributed by atoms with E-state index in [1.807, 2.05) is 40.8 Å². The van der Waals surface area contributed by atoms with Gasteiger partial charge in [0.1, 0.15) is 6.23 Å². The van der Waals surface area contributed by atoms with Crippen LogP contribution in [0.25, 0.3) is 10.9 Å². The summed E-state index contributed by atoms with van der Waals surface area (Å²) in [6, 6.07) is 10.7. The third-order valence-electron chi connectivity index (χ3n) is 10.4. The van der Waals surface area contributed by atoms with Gasteiger partial charge in [-0.3, -0.25) is 19.3 Å². The lowest BCUT2D eigenvalue weighted by molar-refractivity contribution is -0.158. The zero-order valence-electron chi connectivity index (χ0n) is 28.1. The molecule has 3 heterocycles. The molecular formula is C36H44Cl2N4O7. The largest absolute Gasteiger partial charge is 0.481 e. The quantitative estimate of drug-likeness (QED) is 0.263. The van der Waals surface area contributed by atoms with Crippen LogP contribution < -0.4 is 5.32 Å². The van der Waals surface area contributed by atoms with Crippen molar-refractivity contribution in [2.45, 2.75) is 75.5 Å². The van der Waals surface area contributed by atoms with E-state index in [0.717, 1.165) is 23.7 Å². The van der Waals surface area contributed by atoms with E-state index in [4.69, 9.17) is 37.4 Å². The number of anilines is 1. The Morgan fingerprint density at radius 1 is 0.980 bits per heavy atom. The topological polar surface area (TPSA) is 123 Å². The molecule has 2 N–H and O–H groups in total. The van der Waals surface area contributed by atoms with Gasteiger partial charge in [-0.1, -0.05) is 41.4 Å². The van der Waals surface area contributed by atoms with Crippen molar-refractivity contribution < 1.29 is 33.7 Å². The summed E-state index contributed by atoms with van der Waals surface area (Å²) in [7, 11) is 5.23. The number of fused-ring (bicyclic) bond motifs is 1. The number of rotatable bonds is 11. The number of carbonyl (C=O) groups is 3. The van der Waals surface area contributed by atoms with Gasteiger partial charge in [-0.2, -0.15) is 0 Å². The SMILES string of the molecule is CO[C@H]1CN(C(O[C@H]2CC[C@H](C(=O)O)CC2)[C@@H]2CCCN2C(=O)Cc2cc(Cl)c(NC(=O)c3cn(C)c4ccccc34)cc2Cl)C[C@H]1OC. The lowest BCUT2D eigenvalue weighted by Gasteiger charge is -2.40. The molecule has 0 spiro atoms. The van der Waals surface area contributed by atoms with E-state index in [0.29, 0.717) is 67.2 Å². The molecular weight excluding hydrogens is 671 g/mol. The number of hydrogen-bond donors (Lipinski definition) is 2. The summed E-state index contributed by atoms with van der Waals surface area (Å²) in [5, 5.41) is 13.8. The highest BCUT2D eigenvalue weighted by Gasteiger charge is 2.45. The summed E-state index contributed by atoms with van der Waals surface area (Å²) in [5.41, 5.74) is 2.38. The van der Waals surface area contributed by atoms with Crippen LogP contribution in [0.3, 0.4) is 0 Å². The molecule has 6 rings (SSSR count). The minimum absolute atomic E-state index is 0.0322. The fraction of sp³-hybridized carbons (Fsp3) is 0.528. The van der Waals surface area contributed by atoms with Crippen molar-refractivity contribution in [2.75, 3.05) is 39.2 Å². The van der Waals surface area contributed by atoms with Crippen molar-refractivity contribution in [2.24, 2.45) is 13.0 Å². The Morgan fingerprint density at radius 2 is 1.67 bits per heavy atom. The first-order chi connectivity index (χ1) is 23.6. The Morgan fingerprint density at radius 3 is 2.35 bits per heavy atom. The van der Waals surface area contributed by atoms with E-state index in [2.05, 4.69) is 10.2 Å². The second-order valence-electron chi connectivity index (χ2n) is 13.4. The molecule has 264 valence electrons. The molecule has 0 radical (unpaired) electrons. The second kappa shape index (κ2) is 15.4. The summed E-state index contributed by atoms with van der Waals surface area (Å²) in [6.45, 7) is 1.76. The number of carboxylic acid groups (broad SMARTS) is 1. The van der Waals surface area contributed by atoms with E-state index in [9.17, 15) is 19.5 Å². The predicted molar refractivity (Wildman–Crippen MR) is 187 cm³/mol. The molecule has 3 fully saturated rings. The average Bonchev–Trinajstić information content (AvgIpc) is 3.83. The van der Waals surface area contributed by atoms with Gasteiger partial charge in [0, 0.05) is 63.0 Å². The van der Waals surface area contributed by atoms with Gasteiger partial charge >= 0.3 is 5.97 Å². The smallest absolute Gasteiger partial charge is 0.306 e. The molecule has 4 atom stereocenters. The summed E-state index contributed by atoms with van der Waals surface area (Å²) < 4.78 is 20.1. The summed E-state index contributed by atoms with van der Waals surface area (Å²) in [4.78, 5) is 42.9. The van der Waals surface area contributed by atoms with E-state index >= 15 is 0 Å². The molecule has 11 nitrogen and oxygen atoms in total. The maximum absolute atomic E-state index is 14.0. The average molecular weight is 716 g/mol. The minimum Gasteiger partial charge on any atom is -0.481 e. The number of nitrogens with one attached hydrogen (secondary N) is 1. The van der Waals surface area contributed by atoms with Crippen LogP contribution in [0.4, 0.5) is 5.69 Å². The number of aromatic nitrogens is 1. The normalized spacial score (nSPS) is 25.2. The maximum atomic E-state index is 14.0. The molecule has 1 unspecified atom stereocenters. The van der Waals surface area contributed by atoms with Crippen LogP contribution in [-0.2, 0) is 37.3 Å². The number of benzene rings is 2. The Hall–Kier alpha value is -3.19. The number of methoxy groups -OCH3 is 2. The van der Waals surface area contributed by atoms with E-state index in [1.165, 1.54) is 0 Å². The number of hydrogen-bond acceptors (Lipinski definition) is 7. The van der Waals surface area contributed by atoms with Gasteiger partial charge in [0.2, 0.25) is 5.91 Å². The number of carbonyl (C=O) groups excluding carboxylic acids is 2. The van der Waals surface area contributed by atoms with Gasteiger partial charge < -0.3 is 34.1 Å². The lowest BCUT2D eigenvalue weighted by Crippen LogP contribution is -2.53. The lowest BCUT2D eigenvalue weighted by atomic mass is 9.87.